The highest BCUT2D eigenvalue weighted by atomic mass is 32.2. The minimum atomic E-state index is -0.133. The van der Waals surface area contributed by atoms with Crippen molar-refractivity contribution in [3.05, 3.63) is 85.0 Å². The molecule has 2 aromatic rings. The van der Waals surface area contributed by atoms with E-state index in [4.69, 9.17) is 9.47 Å². The Morgan fingerprint density at radius 2 is 1.59 bits per heavy atom. The maximum Gasteiger partial charge on any atom is 0.215 e. The molecule has 0 saturated heterocycles. The molecular weight excluding hydrogens is 404 g/mol. The van der Waals surface area contributed by atoms with Gasteiger partial charge in [0.2, 0.25) is 10.2 Å². The first-order valence-electron chi connectivity index (χ1n) is 8.80. The molecule has 0 amide bonds. The molecule has 0 aromatic heterocycles. The maximum absolute atomic E-state index is 11.5. The summed E-state index contributed by atoms with van der Waals surface area (Å²) in [6, 6.07) is 15.4. The molecule has 0 radical (unpaired) electrons. The zero-order chi connectivity index (χ0) is 21.1. The molecule has 0 aliphatic rings. The van der Waals surface area contributed by atoms with Gasteiger partial charge in [-0.2, -0.15) is 0 Å². The van der Waals surface area contributed by atoms with Crippen molar-refractivity contribution < 1.29 is 19.1 Å². The average Bonchev–Trinajstić information content (AvgIpc) is 2.74. The van der Waals surface area contributed by atoms with Crippen LogP contribution in [0.5, 0.6) is 11.5 Å². The Morgan fingerprint density at radius 3 is 2.14 bits per heavy atom. The van der Waals surface area contributed by atoms with Gasteiger partial charge in [0.05, 0.1) is 12.9 Å². The lowest BCUT2D eigenvalue weighted by atomic mass is 10.1. The third-order valence-corrected chi connectivity index (χ3v) is 5.21. The second kappa shape index (κ2) is 12.0. The van der Waals surface area contributed by atoms with Crippen LogP contribution in [-0.4, -0.2) is 22.6 Å². The average molecular weight is 427 g/mol. The number of carbonyl (C=O) groups is 2. The zero-order valence-electron chi connectivity index (χ0n) is 16.1. The quantitative estimate of drug-likeness (QED) is 0.269. The zero-order valence-corrected chi connectivity index (χ0v) is 17.8. The van der Waals surface area contributed by atoms with E-state index >= 15 is 0 Å². The molecule has 6 heteroatoms. The number of hydrogen-bond acceptors (Lipinski definition) is 6. The summed E-state index contributed by atoms with van der Waals surface area (Å²) in [5.74, 6) is 2.02. The molecule has 0 N–H and O–H groups in total. The molecule has 0 aliphatic heterocycles. The number of hydrogen-bond donors (Lipinski definition) is 0. The SMILES string of the molecule is C=CC(=O)S/C=C\Oc1ccc(-c2ccc(OCCSC(=O)C(=C)C)cc2)cc1. The van der Waals surface area contributed by atoms with E-state index in [0.717, 1.165) is 28.6 Å². The first-order valence-corrected chi connectivity index (χ1v) is 10.7. The van der Waals surface area contributed by atoms with Gasteiger partial charge in [-0.1, -0.05) is 60.9 Å². The van der Waals surface area contributed by atoms with E-state index in [1.807, 2.05) is 48.5 Å². The Kier molecular flexibility index (Phi) is 9.34. The molecule has 0 unspecified atom stereocenters. The molecule has 0 bridgehead atoms. The van der Waals surface area contributed by atoms with E-state index in [9.17, 15) is 9.59 Å². The molecule has 0 spiro atoms. The van der Waals surface area contributed by atoms with Crippen LogP contribution in [-0.2, 0) is 9.59 Å². The number of thioether (sulfide) groups is 2. The van der Waals surface area contributed by atoms with Crippen LogP contribution >= 0.6 is 23.5 Å². The summed E-state index contributed by atoms with van der Waals surface area (Å²) in [4.78, 5) is 22.6. The van der Waals surface area contributed by atoms with E-state index in [1.165, 1.54) is 24.1 Å². The van der Waals surface area contributed by atoms with Crippen LogP contribution < -0.4 is 9.47 Å². The van der Waals surface area contributed by atoms with Crippen LogP contribution in [0.4, 0.5) is 0 Å². The number of rotatable bonds is 10. The van der Waals surface area contributed by atoms with Crippen LogP contribution in [0.2, 0.25) is 0 Å². The molecule has 0 fully saturated rings. The first kappa shape index (κ1) is 22.6. The van der Waals surface area contributed by atoms with E-state index in [-0.39, 0.29) is 10.2 Å². The summed E-state index contributed by atoms with van der Waals surface area (Å²) in [5.41, 5.74) is 2.65. The highest BCUT2D eigenvalue weighted by Crippen LogP contribution is 2.25. The summed E-state index contributed by atoms with van der Waals surface area (Å²) >= 11 is 2.22. The van der Waals surface area contributed by atoms with Gasteiger partial charge < -0.3 is 9.47 Å². The lowest BCUT2D eigenvalue weighted by Gasteiger charge is -2.08. The lowest BCUT2D eigenvalue weighted by Crippen LogP contribution is -2.03. The first-order chi connectivity index (χ1) is 14.0. The van der Waals surface area contributed by atoms with Gasteiger partial charge in [0.25, 0.3) is 0 Å². The highest BCUT2D eigenvalue weighted by molar-refractivity contribution is 8.16. The van der Waals surface area contributed by atoms with Crippen molar-refractivity contribution in [3.63, 3.8) is 0 Å². The second-order valence-electron chi connectivity index (χ2n) is 5.84. The van der Waals surface area contributed by atoms with Gasteiger partial charge in [-0.05, 0) is 54.0 Å². The van der Waals surface area contributed by atoms with Crippen molar-refractivity contribution in [2.24, 2.45) is 0 Å². The highest BCUT2D eigenvalue weighted by Gasteiger charge is 2.04. The van der Waals surface area contributed by atoms with Crippen molar-refractivity contribution in [2.75, 3.05) is 12.4 Å². The van der Waals surface area contributed by atoms with Crippen molar-refractivity contribution in [1.82, 2.24) is 0 Å². The van der Waals surface area contributed by atoms with Crippen molar-refractivity contribution >= 4 is 33.8 Å². The molecule has 4 nitrogen and oxygen atoms in total. The Hall–Kier alpha value is -2.70. The molecule has 0 heterocycles. The van der Waals surface area contributed by atoms with Crippen LogP contribution in [0.25, 0.3) is 11.1 Å². The third-order valence-electron chi connectivity index (χ3n) is 3.59. The number of carbonyl (C=O) groups excluding carboxylic acids is 2. The van der Waals surface area contributed by atoms with Crippen LogP contribution in [0, 0.1) is 0 Å². The number of benzene rings is 2. The summed E-state index contributed by atoms with van der Waals surface area (Å²) in [5, 5.41) is 1.44. The topological polar surface area (TPSA) is 52.6 Å². The van der Waals surface area contributed by atoms with Crippen LogP contribution in [0.1, 0.15) is 6.92 Å². The Morgan fingerprint density at radius 1 is 1.00 bits per heavy atom. The summed E-state index contributed by atoms with van der Waals surface area (Å²) in [6.45, 7) is 9.19. The van der Waals surface area contributed by atoms with Crippen LogP contribution in [0.3, 0.4) is 0 Å². The molecule has 2 aromatic carbocycles. The van der Waals surface area contributed by atoms with Crippen LogP contribution in [0.15, 0.2) is 85.0 Å². The largest absolute Gasteiger partial charge is 0.493 e. The normalized spacial score (nSPS) is 10.5. The smallest absolute Gasteiger partial charge is 0.215 e. The number of ether oxygens (including phenoxy) is 2. The lowest BCUT2D eigenvalue weighted by molar-refractivity contribution is -0.108. The fraction of sp³-hybridized carbons (Fsp3) is 0.130. The third kappa shape index (κ3) is 8.05. The van der Waals surface area contributed by atoms with Gasteiger partial charge in [-0.15, -0.1) is 0 Å². The van der Waals surface area contributed by atoms with E-state index < -0.39 is 0 Å². The van der Waals surface area contributed by atoms with Gasteiger partial charge in [-0.3, -0.25) is 9.59 Å². The molecule has 150 valence electrons. The van der Waals surface area contributed by atoms with Gasteiger partial charge in [0.15, 0.2) is 0 Å². The molecule has 0 aliphatic carbocycles. The molecule has 29 heavy (non-hydrogen) atoms. The summed E-state index contributed by atoms with van der Waals surface area (Å²) in [7, 11) is 0. The van der Waals surface area contributed by atoms with Crippen molar-refractivity contribution in [2.45, 2.75) is 6.92 Å². The monoisotopic (exact) mass is 426 g/mol. The predicted molar refractivity (Wildman–Crippen MR) is 122 cm³/mol. The fourth-order valence-corrected chi connectivity index (χ4v) is 3.08. The van der Waals surface area contributed by atoms with E-state index in [1.54, 1.807) is 12.3 Å². The minimum Gasteiger partial charge on any atom is -0.493 e. The van der Waals surface area contributed by atoms with E-state index in [2.05, 4.69) is 13.2 Å². The van der Waals surface area contributed by atoms with Gasteiger partial charge in [-0.25, -0.2) is 0 Å². The summed E-state index contributed by atoms with van der Waals surface area (Å²) < 4.78 is 11.1. The molecular formula is C23H22O4S2. The standard InChI is InChI=1S/C23H22O4S2/c1-4-22(24)28-15-13-26-20-9-5-18(6-10-20)19-7-11-21(12-8-19)27-14-16-29-23(25)17(2)3/h4-13,15H,1-2,14,16H2,3H3/b15-13-. The van der Waals surface area contributed by atoms with E-state index in [0.29, 0.717) is 23.7 Å². The minimum absolute atomic E-state index is 0.00382. The van der Waals surface area contributed by atoms with Gasteiger partial charge in [0, 0.05) is 11.2 Å². The fourth-order valence-electron chi connectivity index (χ4n) is 2.14. The molecule has 2 rings (SSSR count). The molecule has 0 saturated carbocycles. The van der Waals surface area contributed by atoms with Crippen molar-refractivity contribution in [1.29, 1.82) is 0 Å². The Balaban J connectivity index is 1.83. The van der Waals surface area contributed by atoms with Gasteiger partial charge >= 0.3 is 0 Å². The summed E-state index contributed by atoms with van der Waals surface area (Å²) in [6.07, 6.45) is 2.72. The maximum atomic E-state index is 11.5. The Labute approximate surface area is 179 Å². The Bertz CT molecular complexity index is 884. The molecule has 0 atom stereocenters. The van der Waals surface area contributed by atoms with Crippen molar-refractivity contribution in [3.8, 4) is 22.6 Å². The second-order valence-corrected chi connectivity index (χ2v) is 7.82. The predicted octanol–water partition coefficient (Wildman–Crippen LogP) is 5.86. The van der Waals surface area contributed by atoms with Gasteiger partial charge in [0.1, 0.15) is 11.5 Å².